The average molecular weight is 274 g/mol. The molecule has 3 N–H and O–H groups in total. The van der Waals surface area contributed by atoms with E-state index in [9.17, 15) is 18.3 Å². The number of halogens is 3. The van der Waals surface area contributed by atoms with Crippen LogP contribution in [-0.2, 0) is 4.84 Å². The van der Waals surface area contributed by atoms with Gasteiger partial charge in [-0.25, -0.2) is 0 Å². The molecule has 0 aromatic heterocycles. The predicted molar refractivity (Wildman–Crippen MR) is 62.2 cm³/mol. The minimum atomic E-state index is -4.94. The lowest BCUT2D eigenvalue weighted by Gasteiger charge is -2.29. The van der Waals surface area contributed by atoms with Crippen molar-refractivity contribution in [3.63, 3.8) is 0 Å². The number of nitrogens with two attached hydrogens (primary N) is 1. The largest absolute Gasteiger partial charge is 0.458 e. The van der Waals surface area contributed by atoms with Crippen LogP contribution in [0.1, 0.15) is 12.0 Å². The molecule has 0 radical (unpaired) electrons. The lowest BCUT2D eigenvalue weighted by Crippen LogP contribution is -2.52. The van der Waals surface area contributed by atoms with E-state index in [0.717, 1.165) is 0 Å². The predicted octanol–water partition coefficient (Wildman–Crippen LogP) is 1.64. The maximum atomic E-state index is 12.9. The van der Waals surface area contributed by atoms with Crippen LogP contribution in [0.5, 0.6) is 0 Å². The van der Waals surface area contributed by atoms with Gasteiger partial charge in [0.15, 0.2) is 0 Å². The third-order valence-corrected chi connectivity index (χ3v) is 3.02. The van der Waals surface area contributed by atoms with Crippen LogP contribution in [0.15, 0.2) is 35.5 Å². The van der Waals surface area contributed by atoms with Crippen LogP contribution < -0.4 is 5.73 Å². The highest BCUT2D eigenvalue weighted by Gasteiger charge is 2.66. The van der Waals surface area contributed by atoms with Gasteiger partial charge < -0.3 is 15.7 Å². The highest BCUT2D eigenvalue weighted by molar-refractivity contribution is 6.03. The van der Waals surface area contributed by atoms with Gasteiger partial charge in [0.1, 0.15) is 0 Å². The fraction of sp³-hybridized carbons (Fsp3) is 0.417. The molecule has 0 saturated heterocycles. The second kappa shape index (κ2) is 4.82. The van der Waals surface area contributed by atoms with Gasteiger partial charge in [-0.2, -0.15) is 13.2 Å². The molecule has 0 fully saturated rings. The number of aliphatic hydroxyl groups is 1. The summed E-state index contributed by atoms with van der Waals surface area (Å²) in [5.41, 5.74) is 5.86. The Bertz CT molecular complexity index is 476. The first kappa shape index (κ1) is 13.8. The zero-order chi connectivity index (χ0) is 14.1. The van der Waals surface area contributed by atoms with E-state index in [1.54, 1.807) is 30.3 Å². The zero-order valence-electron chi connectivity index (χ0n) is 9.89. The fourth-order valence-electron chi connectivity index (χ4n) is 2.04. The summed E-state index contributed by atoms with van der Waals surface area (Å²) < 4.78 is 38.8. The summed E-state index contributed by atoms with van der Waals surface area (Å²) in [6.45, 7) is -0.0156. The van der Waals surface area contributed by atoms with Gasteiger partial charge >= 0.3 is 12.0 Å². The summed E-state index contributed by atoms with van der Waals surface area (Å²) in [6, 6.07) is 8.28. The number of benzene rings is 1. The minimum Gasteiger partial charge on any atom is -0.349 e. The number of alkyl halides is 3. The summed E-state index contributed by atoms with van der Waals surface area (Å²) in [5.74, 6) is -4.64. The Hall–Kier alpha value is -1.60. The standard InChI is InChI=1S/C12H13F3N2O2/c13-12(14,15)11(18)9(6-7-16)10(17-19-11)8-4-2-1-3-5-8/h1-5,9,18H,6-7,16H2/t9-,11+/m1/s1. The summed E-state index contributed by atoms with van der Waals surface area (Å²) >= 11 is 0. The van der Waals surface area contributed by atoms with Gasteiger partial charge in [-0.05, 0) is 18.5 Å². The molecule has 104 valence electrons. The molecule has 0 amide bonds. The van der Waals surface area contributed by atoms with Gasteiger partial charge in [-0.3, -0.25) is 0 Å². The van der Waals surface area contributed by atoms with Crippen LogP contribution in [0.4, 0.5) is 13.2 Å². The fourth-order valence-corrected chi connectivity index (χ4v) is 2.04. The molecular weight excluding hydrogens is 261 g/mol. The third-order valence-electron chi connectivity index (χ3n) is 3.02. The molecule has 1 aromatic carbocycles. The molecule has 4 nitrogen and oxygen atoms in total. The Labute approximate surface area is 107 Å². The van der Waals surface area contributed by atoms with Gasteiger partial charge in [-0.1, -0.05) is 35.5 Å². The van der Waals surface area contributed by atoms with Crippen LogP contribution in [0, 0.1) is 5.92 Å². The molecule has 0 spiro atoms. The first-order valence-corrected chi connectivity index (χ1v) is 5.71. The van der Waals surface area contributed by atoms with Crippen molar-refractivity contribution in [2.45, 2.75) is 18.4 Å². The van der Waals surface area contributed by atoms with Crippen LogP contribution in [0.3, 0.4) is 0 Å². The lowest BCUT2D eigenvalue weighted by atomic mass is 9.87. The van der Waals surface area contributed by atoms with Gasteiger partial charge in [0.25, 0.3) is 0 Å². The van der Waals surface area contributed by atoms with Crippen molar-refractivity contribution >= 4 is 5.71 Å². The normalized spacial score (nSPS) is 27.0. The van der Waals surface area contributed by atoms with E-state index in [4.69, 9.17) is 5.73 Å². The number of hydrogen-bond acceptors (Lipinski definition) is 4. The Morgan fingerprint density at radius 1 is 1.32 bits per heavy atom. The Kier molecular flexibility index (Phi) is 3.51. The number of oxime groups is 1. The summed E-state index contributed by atoms with van der Waals surface area (Å²) in [7, 11) is 0. The van der Waals surface area contributed by atoms with E-state index in [2.05, 4.69) is 9.99 Å². The maximum Gasteiger partial charge on any atom is 0.458 e. The van der Waals surface area contributed by atoms with E-state index < -0.39 is 17.9 Å². The second-order valence-corrected chi connectivity index (χ2v) is 4.26. The van der Waals surface area contributed by atoms with Crippen molar-refractivity contribution in [1.82, 2.24) is 0 Å². The van der Waals surface area contributed by atoms with Crippen molar-refractivity contribution in [1.29, 1.82) is 0 Å². The molecule has 2 atom stereocenters. The van der Waals surface area contributed by atoms with Crippen LogP contribution in [0.25, 0.3) is 0 Å². The van der Waals surface area contributed by atoms with Crippen LogP contribution in [-0.4, -0.2) is 29.3 Å². The number of hydrogen-bond donors (Lipinski definition) is 2. The molecule has 2 rings (SSSR count). The highest BCUT2D eigenvalue weighted by Crippen LogP contribution is 2.44. The summed E-state index contributed by atoms with van der Waals surface area (Å²) in [6.07, 6.45) is -5.02. The number of nitrogens with zero attached hydrogens (tertiary/aromatic N) is 1. The quantitative estimate of drug-likeness (QED) is 0.880. The minimum absolute atomic E-state index is 0.0156. The maximum absolute atomic E-state index is 12.9. The van der Waals surface area contributed by atoms with Crippen molar-refractivity contribution in [3.8, 4) is 0 Å². The van der Waals surface area contributed by atoms with Gasteiger partial charge in [-0.15, -0.1) is 0 Å². The van der Waals surface area contributed by atoms with Crippen molar-refractivity contribution < 1.29 is 23.1 Å². The molecule has 0 unspecified atom stereocenters. The first-order chi connectivity index (χ1) is 8.90. The molecule has 0 bridgehead atoms. The molecule has 1 heterocycles. The van der Waals surface area contributed by atoms with E-state index in [-0.39, 0.29) is 18.7 Å². The monoisotopic (exact) mass is 274 g/mol. The summed E-state index contributed by atoms with van der Waals surface area (Å²) in [5, 5.41) is 13.1. The molecule has 0 saturated carbocycles. The molecule has 0 aliphatic carbocycles. The van der Waals surface area contributed by atoms with Crippen LogP contribution >= 0.6 is 0 Å². The molecule has 1 aliphatic heterocycles. The number of rotatable bonds is 3. The SMILES string of the molecule is NCC[C@@H]1C(c2ccccc2)=NO[C@]1(O)C(F)(F)F. The van der Waals surface area contributed by atoms with Gasteiger partial charge in [0.2, 0.25) is 0 Å². The van der Waals surface area contributed by atoms with E-state index >= 15 is 0 Å². The van der Waals surface area contributed by atoms with Crippen molar-refractivity contribution in [2.24, 2.45) is 16.8 Å². The van der Waals surface area contributed by atoms with Crippen LogP contribution in [0.2, 0.25) is 0 Å². The molecule has 1 aromatic rings. The molecule has 7 heteroatoms. The van der Waals surface area contributed by atoms with E-state index in [0.29, 0.717) is 5.56 Å². The van der Waals surface area contributed by atoms with Gasteiger partial charge in [0, 0.05) is 0 Å². The molecular formula is C12H13F3N2O2. The Balaban J connectivity index is 2.37. The zero-order valence-corrected chi connectivity index (χ0v) is 9.89. The van der Waals surface area contributed by atoms with Crippen molar-refractivity contribution in [2.75, 3.05) is 6.54 Å². The average Bonchev–Trinajstić information content (AvgIpc) is 2.70. The smallest absolute Gasteiger partial charge is 0.349 e. The van der Waals surface area contributed by atoms with Gasteiger partial charge in [0.05, 0.1) is 11.6 Å². The topological polar surface area (TPSA) is 67.8 Å². The van der Waals surface area contributed by atoms with E-state index in [1.807, 2.05) is 0 Å². The second-order valence-electron chi connectivity index (χ2n) is 4.26. The molecule has 1 aliphatic rings. The van der Waals surface area contributed by atoms with Crippen molar-refractivity contribution in [3.05, 3.63) is 35.9 Å². The summed E-state index contributed by atoms with van der Waals surface area (Å²) in [4.78, 5) is 4.30. The van der Waals surface area contributed by atoms with E-state index in [1.165, 1.54) is 0 Å². The Morgan fingerprint density at radius 2 is 1.95 bits per heavy atom. The first-order valence-electron chi connectivity index (χ1n) is 5.71. The molecule has 19 heavy (non-hydrogen) atoms. The lowest BCUT2D eigenvalue weighted by molar-refractivity contribution is -0.370. The Morgan fingerprint density at radius 3 is 2.47 bits per heavy atom. The highest BCUT2D eigenvalue weighted by atomic mass is 19.4. The third kappa shape index (κ3) is 2.31.